The van der Waals surface area contributed by atoms with Gasteiger partial charge in [0.25, 0.3) is 0 Å². The van der Waals surface area contributed by atoms with Crippen molar-refractivity contribution in [2.24, 2.45) is 0 Å². The average molecular weight is 116 g/mol. The van der Waals surface area contributed by atoms with Crippen LogP contribution in [0.1, 0.15) is 20.8 Å². The Kier molecular flexibility index (Phi) is 1.15. The van der Waals surface area contributed by atoms with E-state index in [1.54, 1.807) is 12.3 Å². The van der Waals surface area contributed by atoms with Crippen LogP contribution in [0.15, 0.2) is 0 Å². The Morgan fingerprint density at radius 1 is 1.14 bits per heavy atom. The van der Waals surface area contributed by atoms with Crippen LogP contribution in [0.25, 0.3) is 0 Å². The molecule has 0 aromatic carbocycles. The molecule has 0 radical (unpaired) electrons. The fraction of sp³-hybridized carbons (Fsp3) is 1.00. The second-order valence-electron chi connectivity index (χ2n) is 3.16. The molecule has 0 bridgehead atoms. The van der Waals surface area contributed by atoms with Crippen molar-refractivity contribution in [2.75, 3.05) is 12.3 Å². The monoisotopic (exact) mass is 116 g/mol. The average Bonchev–Trinajstić information content (AvgIpc) is 1.99. The third kappa shape index (κ3) is 1.42. The van der Waals surface area contributed by atoms with Gasteiger partial charge in [-0.1, -0.05) is 20.8 Å². The highest BCUT2D eigenvalue weighted by molar-refractivity contribution is 7.66. The van der Waals surface area contributed by atoms with E-state index >= 15 is 0 Å². The largest absolute Gasteiger partial charge is 0.100 e. The van der Waals surface area contributed by atoms with E-state index < -0.39 is 0 Å². The van der Waals surface area contributed by atoms with E-state index in [-0.39, 0.29) is 0 Å². The fourth-order valence-corrected chi connectivity index (χ4v) is 2.46. The van der Waals surface area contributed by atoms with Crippen LogP contribution in [0.3, 0.4) is 0 Å². The van der Waals surface area contributed by atoms with Gasteiger partial charge >= 0.3 is 0 Å². The van der Waals surface area contributed by atoms with Gasteiger partial charge in [-0.2, -0.15) is 0 Å². The van der Waals surface area contributed by atoms with Crippen LogP contribution in [-0.4, -0.2) is 17.5 Å². The molecule has 42 valence electrons. The highest BCUT2D eigenvalue weighted by atomic mass is 31.1. The summed E-state index contributed by atoms with van der Waals surface area (Å²) < 4.78 is 0. The van der Waals surface area contributed by atoms with Gasteiger partial charge in [-0.15, -0.1) is 7.92 Å². The lowest BCUT2D eigenvalue weighted by Crippen LogP contribution is -2.04. The molecule has 0 amide bonds. The van der Waals surface area contributed by atoms with Crippen LogP contribution in [-0.2, 0) is 0 Å². The van der Waals surface area contributed by atoms with E-state index in [9.17, 15) is 0 Å². The van der Waals surface area contributed by atoms with Gasteiger partial charge < -0.3 is 0 Å². The Bertz CT molecular complexity index is 66.7. The SMILES string of the molecule is CC(C)(C)P1CC1. The maximum absolute atomic E-state index is 2.35. The minimum Gasteiger partial charge on any atom is -0.100 e. The molecule has 0 nitrogen and oxygen atoms in total. The third-order valence-electron chi connectivity index (χ3n) is 1.40. The van der Waals surface area contributed by atoms with Crippen molar-refractivity contribution in [3.8, 4) is 0 Å². The molecule has 0 N–H and O–H groups in total. The van der Waals surface area contributed by atoms with Gasteiger partial charge in [0.2, 0.25) is 0 Å². The summed E-state index contributed by atoms with van der Waals surface area (Å²) >= 11 is 0. The van der Waals surface area contributed by atoms with Crippen molar-refractivity contribution in [1.29, 1.82) is 0 Å². The van der Waals surface area contributed by atoms with Gasteiger partial charge in [-0.25, -0.2) is 0 Å². The Morgan fingerprint density at radius 3 is 1.57 bits per heavy atom. The maximum atomic E-state index is 2.35. The molecular formula is C6H13P. The normalized spacial score (nSPS) is 22.7. The van der Waals surface area contributed by atoms with Crippen molar-refractivity contribution in [1.82, 2.24) is 0 Å². The number of hydrogen-bond acceptors (Lipinski definition) is 0. The molecule has 1 aliphatic heterocycles. The van der Waals surface area contributed by atoms with E-state index in [1.807, 2.05) is 0 Å². The molecule has 0 spiro atoms. The van der Waals surface area contributed by atoms with Crippen molar-refractivity contribution in [3.63, 3.8) is 0 Å². The van der Waals surface area contributed by atoms with Gasteiger partial charge in [0.15, 0.2) is 0 Å². The predicted molar refractivity (Wildman–Crippen MR) is 36.4 cm³/mol. The summed E-state index contributed by atoms with van der Waals surface area (Å²) in [5.41, 5.74) is 0. The van der Waals surface area contributed by atoms with Gasteiger partial charge in [0, 0.05) is 0 Å². The molecule has 1 aliphatic rings. The first-order valence-corrected chi connectivity index (χ1v) is 4.57. The highest BCUT2D eigenvalue weighted by Gasteiger charge is 2.32. The Balaban J connectivity index is 2.36. The molecule has 0 aliphatic carbocycles. The molecule has 1 heteroatoms. The molecule has 0 atom stereocenters. The summed E-state index contributed by atoms with van der Waals surface area (Å²) in [6.07, 6.45) is 3.08. The lowest BCUT2D eigenvalue weighted by molar-refractivity contribution is 0.794. The summed E-state index contributed by atoms with van der Waals surface area (Å²) in [5, 5.41) is 0.676. The Hall–Kier alpha value is 0.430. The number of hydrogen-bond donors (Lipinski definition) is 0. The van der Waals surface area contributed by atoms with Gasteiger partial charge in [0.05, 0.1) is 0 Å². The molecule has 1 fully saturated rings. The molecule has 1 rings (SSSR count). The highest BCUT2D eigenvalue weighted by Crippen LogP contribution is 2.60. The predicted octanol–water partition coefficient (Wildman–Crippen LogP) is 2.28. The summed E-state index contributed by atoms with van der Waals surface area (Å²) in [6.45, 7) is 7.06. The first-order valence-electron chi connectivity index (χ1n) is 2.86. The molecule has 0 saturated carbocycles. The molecule has 0 aromatic heterocycles. The minimum atomic E-state index is 0.508. The van der Waals surface area contributed by atoms with E-state index in [4.69, 9.17) is 0 Å². The number of rotatable bonds is 0. The van der Waals surface area contributed by atoms with E-state index in [0.29, 0.717) is 13.1 Å². The molecular weight excluding hydrogens is 103 g/mol. The first-order chi connectivity index (χ1) is 3.11. The van der Waals surface area contributed by atoms with Crippen LogP contribution in [0, 0.1) is 0 Å². The van der Waals surface area contributed by atoms with Crippen molar-refractivity contribution in [3.05, 3.63) is 0 Å². The molecule has 0 aromatic rings. The van der Waals surface area contributed by atoms with Gasteiger partial charge in [-0.05, 0) is 17.5 Å². The Morgan fingerprint density at radius 2 is 1.57 bits per heavy atom. The minimum absolute atomic E-state index is 0.508. The topological polar surface area (TPSA) is 0 Å². The van der Waals surface area contributed by atoms with E-state index in [2.05, 4.69) is 20.8 Å². The first kappa shape index (κ1) is 5.56. The van der Waals surface area contributed by atoms with Crippen LogP contribution < -0.4 is 0 Å². The van der Waals surface area contributed by atoms with E-state index in [0.717, 1.165) is 0 Å². The van der Waals surface area contributed by atoms with Crippen LogP contribution >= 0.6 is 7.92 Å². The summed E-state index contributed by atoms with van der Waals surface area (Å²) in [4.78, 5) is 0. The van der Waals surface area contributed by atoms with Crippen molar-refractivity contribution in [2.45, 2.75) is 25.9 Å². The van der Waals surface area contributed by atoms with Crippen molar-refractivity contribution < 1.29 is 0 Å². The Labute approximate surface area is 47.1 Å². The van der Waals surface area contributed by atoms with Crippen molar-refractivity contribution >= 4 is 7.92 Å². The maximum Gasteiger partial charge on any atom is -0.0179 e. The zero-order valence-electron chi connectivity index (χ0n) is 5.36. The van der Waals surface area contributed by atoms with Gasteiger partial charge in [0.1, 0.15) is 0 Å². The second-order valence-corrected chi connectivity index (χ2v) is 6.47. The zero-order valence-corrected chi connectivity index (χ0v) is 6.26. The summed E-state index contributed by atoms with van der Waals surface area (Å²) in [5.74, 6) is 0. The van der Waals surface area contributed by atoms with Crippen LogP contribution in [0.2, 0.25) is 0 Å². The van der Waals surface area contributed by atoms with Gasteiger partial charge in [-0.3, -0.25) is 0 Å². The lowest BCUT2D eigenvalue weighted by atomic mass is 10.3. The molecule has 0 unspecified atom stereocenters. The van der Waals surface area contributed by atoms with Crippen LogP contribution in [0.4, 0.5) is 0 Å². The molecule has 1 saturated heterocycles. The van der Waals surface area contributed by atoms with E-state index in [1.165, 1.54) is 0 Å². The quantitative estimate of drug-likeness (QED) is 0.426. The molecule has 1 heterocycles. The zero-order chi connectivity index (χ0) is 5.49. The lowest BCUT2D eigenvalue weighted by Gasteiger charge is -2.15. The standard InChI is InChI=1S/C6H13P/c1-6(2,3)7-4-5-7/h4-5H2,1-3H3. The summed E-state index contributed by atoms with van der Waals surface area (Å²) in [6, 6.07) is 0. The smallest absolute Gasteiger partial charge is 0.0179 e. The molecule has 7 heavy (non-hydrogen) atoms. The van der Waals surface area contributed by atoms with Crippen LogP contribution in [0.5, 0.6) is 0 Å². The second kappa shape index (κ2) is 1.45. The third-order valence-corrected chi connectivity index (χ3v) is 4.19. The summed E-state index contributed by atoms with van der Waals surface area (Å²) in [7, 11) is 0.508. The fourth-order valence-electron chi connectivity index (χ4n) is 0.721.